The van der Waals surface area contributed by atoms with Gasteiger partial charge in [0.25, 0.3) is 0 Å². The van der Waals surface area contributed by atoms with Gasteiger partial charge in [0.15, 0.2) is 0 Å². The number of nitrogens with zero attached hydrogens (tertiary/aromatic N) is 3. The topological polar surface area (TPSA) is 52.2 Å². The van der Waals surface area contributed by atoms with E-state index in [0.29, 0.717) is 0 Å². The number of hydrogen-bond donors (Lipinski definition) is 1. The highest BCUT2D eigenvalue weighted by atomic mass is 16.2. The standard InChI is InChI=1S/C29H28N4O/c1-32(2)18-20-10-8-19(9-11-20)12-15-25-22-14-13-21(16-26(22)31-30-25)24-17-29(24)23-6-4-5-7-27(23)33(3)28(29)34/h4-16,24H,17-18H2,1-3H3,(H,30,31). The number of benzene rings is 3. The number of rotatable bonds is 5. The summed E-state index contributed by atoms with van der Waals surface area (Å²) in [6.45, 7) is 0.937. The summed E-state index contributed by atoms with van der Waals surface area (Å²) in [5.74, 6) is 0.419. The lowest BCUT2D eigenvalue weighted by Gasteiger charge is -2.11. The first-order valence-electron chi connectivity index (χ1n) is 11.7. The fraction of sp³-hybridized carbons (Fsp3) is 0.241. The smallest absolute Gasteiger partial charge is 0.238 e. The molecule has 4 aromatic rings. The largest absolute Gasteiger partial charge is 0.314 e. The third-order valence-electron chi connectivity index (χ3n) is 7.32. The maximum Gasteiger partial charge on any atom is 0.238 e. The van der Waals surface area contributed by atoms with Crippen LogP contribution in [-0.2, 0) is 16.8 Å². The van der Waals surface area contributed by atoms with E-state index in [2.05, 4.69) is 89.9 Å². The van der Waals surface area contributed by atoms with Gasteiger partial charge >= 0.3 is 0 Å². The van der Waals surface area contributed by atoms with Crippen molar-refractivity contribution in [2.75, 3.05) is 26.0 Å². The molecule has 1 fully saturated rings. The number of amides is 1. The zero-order valence-electron chi connectivity index (χ0n) is 19.7. The fourth-order valence-corrected chi connectivity index (χ4v) is 5.54. The Morgan fingerprint density at radius 2 is 1.88 bits per heavy atom. The van der Waals surface area contributed by atoms with Crippen molar-refractivity contribution in [1.82, 2.24) is 15.1 Å². The Morgan fingerprint density at radius 3 is 2.68 bits per heavy atom. The second kappa shape index (κ2) is 7.67. The average molecular weight is 449 g/mol. The van der Waals surface area contributed by atoms with Crippen molar-refractivity contribution < 1.29 is 4.79 Å². The molecule has 5 nitrogen and oxygen atoms in total. The molecule has 1 amide bonds. The van der Waals surface area contributed by atoms with Gasteiger partial charge < -0.3 is 9.80 Å². The minimum atomic E-state index is -0.402. The summed E-state index contributed by atoms with van der Waals surface area (Å²) < 4.78 is 0. The molecule has 2 atom stereocenters. The van der Waals surface area contributed by atoms with E-state index in [1.807, 2.05) is 30.1 Å². The molecule has 6 rings (SSSR count). The third kappa shape index (κ3) is 3.19. The molecule has 1 aromatic heterocycles. The van der Waals surface area contributed by atoms with Crippen LogP contribution in [0.15, 0.2) is 66.7 Å². The van der Waals surface area contributed by atoms with Crippen molar-refractivity contribution in [2.45, 2.75) is 24.3 Å². The number of aromatic nitrogens is 2. The van der Waals surface area contributed by atoms with E-state index in [1.165, 1.54) is 11.1 Å². The van der Waals surface area contributed by atoms with Gasteiger partial charge in [0, 0.05) is 30.6 Å². The van der Waals surface area contributed by atoms with Crippen LogP contribution in [0.4, 0.5) is 5.69 Å². The van der Waals surface area contributed by atoms with Crippen LogP contribution in [0, 0.1) is 0 Å². The van der Waals surface area contributed by atoms with Crippen molar-refractivity contribution >= 4 is 34.6 Å². The summed E-state index contributed by atoms with van der Waals surface area (Å²) in [7, 11) is 6.04. The van der Waals surface area contributed by atoms with E-state index in [-0.39, 0.29) is 11.8 Å². The van der Waals surface area contributed by atoms with E-state index < -0.39 is 5.41 Å². The molecule has 0 bridgehead atoms. The predicted octanol–water partition coefficient (Wildman–Crippen LogP) is 5.20. The van der Waals surface area contributed by atoms with Crippen LogP contribution in [0.3, 0.4) is 0 Å². The molecule has 2 unspecified atom stereocenters. The molecule has 2 heterocycles. The van der Waals surface area contributed by atoms with E-state index in [9.17, 15) is 4.79 Å². The van der Waals surface area contributed by atoms with Crippen LogP contribution in [0.1, 0.15) is 40.3 Å². The van der Waals surface area contributed by atoms with Crippen LogP contribution in [0.2, 0.25) is 0 Å². The number of anilines is 1. The summed E-state index contributed by atoms with van der Waals surface area (Å²) in [6, 6.07) is 23.3. The number of hydrogen-bond acceptors (Lipinski definition) is 3. The molecule has 34 heavy (non-hydrogen) atoms. The zero-order valence-corrected chi connectivity index (χ0v) is 19.7. The fourth-order valence-electron chi connectivity index (χ4n) is 5.54. The Kier molecular flexibility index (Phi) is 4.71. The van der Waals surface area contributed by atoms with Crippen LogP contribution in [0.25, 0.3) is 23.1 Å². The first-order chi connectivity index (χ1) is 16.5. The molecular formula is C29H28N4O. The number of carbonyl (C=O) groups excluding carboxylic acids is 1. The Balaban J connectivity index is 1.25. The highest BCUT2D eigenvalue weighted by Gasteiger charge is 2.66. The van der Waals surface area contributed by atoms with Crippen molar-refractivity contribution in [3.8, 4) is 0 Å². The first-order valence-corrected chi connectivity index (χ1v) is 11.7. The highest BCUT2D eigenvalue weighted by Crippen LogP contribution is 2.66. The third-order valence-corrected chi connectivity index (χ3v) is 7.32. The molecule has 1 aliphatic carbocycles. The Hall–Kier alpha value is -3.70. The summed E-state index contributed by atoms with van der Waals surface area (Å²) >= 11 is 0. The Bertz CT molecular complexity index is 1430. The minimum absolute atomic E-state index is 0.207. The van der Waals surface area contributed by atoms with Gasteiger partial charge in [-0.25, -0.2) is 0 Å². The molecule has 1 saturated carbocycles. The number of aromatic amines is 1. The molecule has 1 spiro atoms. The summed E-state index contributed by atoms with van der Waals surface area (Å²) in [6.07, 6.45) is 5.02. The summed E-state index contributed by atoms with van der Waals surface area (Å²) in [5, 5.41) is 8.83. The van der Waals surface area contributed by atoms with Gasteiger partial charge in [-0.15, -0.1) is 0 Å². The maximum atomic E-state index is 13.2. The monoisotopic (exact) mass is 448 g/mol. The maximum absolute atomic E-state index is 13.2. The number of nitrogens with one attached hydrogen (secondary N) is 1. The van der Waals surface area contributed by atoms with Crippen LogP contribution in [0.5, 0.6) is 0 Å². The van der Waals surface area contributed by atoms with E-state index in [1.54, 1.807) is 0 Å². The number of fused-ring (bicyclic) bond motifs is 3. The van der Waals surface area contributed by atoms with Crippen molar-refractivity contribution in [2.24, 2.45) is 0 Å². The van der Waals surface area contributed by atoms with Crippen molar-refractivity contribution in [3.63, 3.8) is 0 Å². The van der Waals surface area contributed by atoms with Gasteiger partial charge in [0.1, 0.15) is 0 Å². The van der Waals surface area contributed by atoms with Crippen LogP contribution >= 0.6 is 0 Å². The molecule has 0 saturated heterocycles. The van der Waals surface area contributed by atoms with Gasteiger partial charge in [-0.1, -0.05) is 60.7 Å². The van der Waals surface area contributed by atoms with Gasteiger partial charge in [-0.2, -0.15) is 5.10 Å². The predicted molar refractivity (Wildman–Crippen MR) is 138 cm³/mol. The van der Waals surface area contributed by atoms with Gasteiger partial charge in [-0.05, 0) is 61.0 Å². The second-order valence-electron chi connectivity index (χ2n) is 9.84. The molecule has 0 radical (unpaired) electrons. The molecule has 3 aromatic carbocycles. The molecular weight excluding hydrogens is 420 g/mol. The molecule has 5 heteroatoms. The zero-order chi connectivity index (χ0) is 23.4. The lowest BCUT2D eigenvalue weighted by molar-refractivity contribution is -0.120. The average Bonchev–Trinajstić information content (AvgIpc) is 3.42. The van der Waals surface area contributed by atoms with Crippen LogP contribution < -0.4 is 4.90 Å². The summed E-state index contributed by atoms with van der Waals surface area (Å²) in [5.41, 5.74) is 7.38. The van der Waals surface area contributed by atoms with E-state index in [0.717, 1.165) is 46.4 Å². The van der Waals surface area contributed by atoms with Crippen molar-refractivity contribution in [3.05, 3.63) is 94.7 Å². The molecule has 170 valence electrons. The minimum Gasteiger partial charge on any atom is -0.314 e. The lowest BCUT2D eigenvalue weighted by Crippen LogP contribution is -2.29. The normalized spacial score (nSPS) is 21.4. The van der Waals surface area contributed by atoms with Gasteiger partial charge in [-0.3, -0.25) is 9.89 Å². The summed E-state index contributed by atoms with van der Waals surface area (Å²) in [4.78, 5) is 17.2. The Labute approximate surface area is 199 Å². The SMILES string of the molecule is CN(C)Cc1ccc(C=Cc2n[nH]c3cc(C4CC45C(=O)N(C)c4ccccc45)ccc23)cc1. The Morgan fingerprint density at radius 1 is 1.09 bits per heavy atom. The second-order valence-corrected chi connectivity index (χ2v) is 9.84. The van der Waals surface area contributed by atoms with Crippen molar-refractivity contribution in [1.29, 1.82) is 0 Å². The van der Waals surface area contributed by atoms with Gasteiger partial charge in [0.2, 0.25) is 5.91 Å². The molecule has 2 aliphatic rings. The van der Waals surface area contributed by atoms with Gasteiger partial charge in [0.05, 0.1) is 16.6 Å². The number of para-hydroxylation sites is 1. The van der Waals surface area contributed by atoms with E-state index in [4.69, 9.17) is 0 Å². The molecule has 1 N–H and O–H groups in total. The first kappa shape index (κ1) is 20.9. The quantitative estimate of drug-likeness (QED) is 0.457. The molecule has 1 aliphatic heterocycles. The highest BCUT2D eigenvalue weighted by molar-refractivity contribution is 6.11. The van der Waals surface area contributed by atoms with E-state index >= 15 is 0 Å². The number of likely N-dealkylation sites (N-methyl/N-ethyl adjacent to an activating group) is 1. The number of H-pyrrole nitrogens is 1. The lowest BCUT2D eigenvalue weighted by atomic mass is 9.92. The number of carbonyl (C=O) groups is 1. The van der Waals surface area contributed by atoms with Crippen LogP contribution in [-0.4, -0.2) is 42.1 Å².